The van der Waals surface area contributed by atoms with E-state index >= 15 is 0 Å². The van der Waals surface area contributed by atoms with E-state index in [0.717, 1.165) is 44.3 Å². The molecule has 2 aliphatic rings. The summed E-state index contributed by atoms with van der Waals surface area (Å²) in [5.74, 6) is 1.83. The van der Waals surface area contributed by atoms with Crippen molar-refractivity contribution < 1.29 is 4.74 Å². The molecule has 2 saturated heterocycles. The fourth-order valence-electron chi connectivity index (χ4n) is 2.71. The van der Waals surface area contributed by atoms with Gasteiger partial charge in [-0.1, -0.05) is 6.92 Å². The first-order chi connectivity index (χ1) is 8.26. The normalized spacial score (nSPS) is 20.9. The van der Waals surface area contributed by atoms with Crippen molar-refractivity contribution in [2.24, 2.45) is 5.41 Å². The highest BCUT2D eigenvalue weighted by Gasteiger charge is 2.47. The van der Waals surface area contributed by atoms with Crippen molar-refractivity contribution in [2.75, 3.05) is 38.2 Å². The Labute approximate surface area is 102 Å². The van der Waals surface area contributed by atoms with Crippen LogP contribution in [0.4, 0.5) is 5.82 Å². The van der Waals surface area contributed by atoms with E-state index in [2.05, 4.69) is 34.3 Å². The van der Waals surface area contributed by atoms with Crippen molar-refractivity contribution in [3.8, 4) is 5.88 Å². The monoisotopic (exact) mass is 233 g/mol. The van der Waals surface area contributed by atoms with Crippen LogP contribution in [-0.4, -0.2) is 38.3 Å². The van der Waals surface area contributed by atoms with Gasteiger partial charge in [0.15, 0.2) is 0 Å². The Morgan fingerprint density at radius 3 is 2.71 bits per heavy atom. The molecule has 3 rings (SSSR count). The second-order valence-corrected chi connectivity index (χ2v) is 5.15. The summed E-state index contributed by atoms with van der Waals surface area (Å²) in [7, 11) is 1.69. The lowest BCUT2D eigenvalue weighted by molar-refractivity contribution is 0.120. The third kappa shape index (κ3) is 1.67. The lowest BCUT2D eigenvalue weighted by Gasteiger charge is -2.56. The van der Waals surface area contributed by atoms with Crippen LogP contribution in [0.25, 0.3) is 0 Å². The molecule has 0 saturated carbocycles. The maximum absolute atomic E-state index is 5.34. The van der Waals surface area contributed by atoms with E-state index in [1.807, 2.05) is 0 Å². The molecule has 0 atom stereocenters. The molecule has 3 heterocycles. The molecule has 17 heavy (non-hydrogen) atoms. The van der Waals surface area contributed by atoms with Crippen molar-refractivity contribution >= 4 is 5.82 Å². The van der Waals surface area contributed by atoms with Crippen molar-refractivity contribution in [1.82, 2.24) is 10.3 Å². The highest BCUT2D eigenvalue weighted by atomic mass is 16.5. The van der Waals surface area contributed by atoms with E-state index in [0.29, 0.717) is 5.41 Å². The van der Waals surface area contributed by atoms with Crippen LogP contribution in [0.1, 0.15) is 12.5 Å². The molecular weight excluding hydrogens is 214 g/mol. The summed E-state index contributed by atoms with van der Waals surface area (Å²) in [5, 5.41) is 3.34. The lowest BCUT2D eigenvalue weighted by atomic mass is 9.74. The van der Waals surface area contributed by atoms with E-state index in [1.165, 1.54) is 5.56 Å². The Morgan fingerprint density at radius 1 is 1.41 bits per heavy atom. The molecule has 4 heteroatoms. The van der Waals surface area contributed by atoms with Crippen LogP contribution in [0.2, 0.25) is 0 Å². The fourth-order valence-corrected chi connectivity index (χ4v) is 2.71. The van der Waals surface area contributed by atoms with Gasteiger partial charge in [0.1, 0.15) is 5.82 Å². The number of aryl methyl sites for hydroxylation is 1. The van der Waals surface area contributed by atoms with Gasteiger partial charge >= 0.3 is 0 Å². The summed E-state index contributed by atoms with van der Waals surface area (Å²) in [6, 6.07) is 4.24. The van der Waals surface area contributed by atoms with Gasteiger partial charge in [-0.3, -0.25) is 0 Å². The minimum absolute atomic E-state index is 0.540. The summed E-state index contributed by atoms with van der Waals surface area (Å²) in [6.07, 6.45) is 0.963. The first-order valence-electron chi connectivity index (χ1n) is 6.26. The average molecular weight is 233 g/mol. The topological polar surface area (TPSA) is 37.4 Å². The number of hydrogen-bond acceptors (Lipinski definition) is 4. The summed E-state index contributed by atoms with van der Waals surface area (Å²) in [5.41, 5.74) is 1.72. The summed E-state index contributed by atoms with van der Waals surface area (Å²) < 4.78 is 5.34. The SMILES string of the molecule is CCc1ccc(N2CC3(CNC3)C2)nc1OC. The van der Waals surface area contributed by atoms with Gasteiger partial charge in [-0.25, -0.2) is 0 Å². The van der Waals surface area contributed by atoms with Crippen molar-refractivity contribution in [2.45, 2.75) is 13.3 Å². The number of pyridine rings is 1. The quantitative estimate of drug-likeness (QED) is 0.847. The number of ether oxygens (including phenoxy) is 1. The molecule has 1 aromatic heterocycles. The number of rotatable bonds is 3. The average Bonchev–Trinajstić information content (AvgIpc) is 2.25. The molecule has 1 aromatic rings. The van der Waals surface area contributed by atoms with Crippen LogP contribution < -0.4 is 15.0 Å². The molecule has 1 N–H and O–H groups in total. The van der Waals surface area contributed by atoms with Crippen molar-refractivity contribution in [3.63, 3.8) is 0 Å². The van der Waals surface area contributed by atoms with Gasteiger partial charge in [-0.05, 0) is 18.6 Å². The van der Waals surface area contributed by atoms with E-state index < -0.39 is 0 Å². The molecule has 0 amide bonds. The van der Waals surface area contributed by atoms with Crippen LogP contribution in [0.3, 0.4) is 0 Å². The highest BCUT2D eigenvalue weighted by molar-refractivity contribution is 5.48. The molecule has 92 valence electrons. The largest absolute Gasteiger partial charge is 0.481 e. The summed E-state index contributed by atoms with van der Waals surface area (Å²) >= 11 is 0. The Hall–Kier alpha value is -1.29. The molecular formula is C13H19N3O. The molecule has 2 aliphatic heterocycles. The van der Waals surface area contributed by atoms with E-state index in [1.54, 1.807) is 7.11 Å². The molecule has 0 bridgehead atoms. The van der Waals surface area contributed by atoms with Gasteiger partial charge in [0.2, 0.25) is 5.88 Å². The number of anilines is 1. The van der Waals surface area contributed by atoms with Crippen molar-refractivity contribution in [3.05, 3.63) is 17.7 Å². The van der Waals surface area contributed by atoms with E-state index in [9.17, 15) is 0 Å². The minimum Gasteiger partial charge on any atom is -0.481 e. The van der Waals surface area contributed by atoms with Crippen LogP contribution in [0.15, 0.2) is 12.1 Å². The molecule has 1 spiro atoms. The van der Waals surface area contributed by atoms with Crippen LogP contribution in [0.5, 0.6) is 5.88 Å². The molecule has 2 fully saturated rings. The Balaban J connectivity index is 1.75. The maximum atomic E-state index is 5.34. The van der Waals surface area contributed by atoms with Gasteiger partial charge < -0.3 is 15.0 Å². The highest BCUT2D eigenvalue weighted by Crippen LogP contribution is 2.37. The second-order valence-electron chi connectivity index (χ2n) is 5.15. The van der Waals surface area contributed by atoms with E-state index in [4.69, 9.17) is 4.74 Å². The zero-order valence-corrected chi connectivity index (χ0v) is 10.5. The van der Waals surface area contributed by atoms with Crippen LogP contribution >= 0.6 is 0 Å². The first-order valence-corrected chi connectivity index (χ1v) is 6.26. The van der Waals surface area contributed by atoms with Gasteiger partial charge in [0, 0.05) is 37.2 Å². The zero-order valence-electron chi connectivity index (χ0n) is 10.5. The zero-order chi connectivity index (χ0) is 11.9. The number of nitrogens with zero attached hydrogens (tertiary/aromatic N) is 2. The Morgan fingerprint density at radius 2 is 2.18 bits per heavy atom. The molecule has 0 aromatic carbocycles. The standard InChI is InChI=1S/C13H19N3O/c1-3-10-4-5-11(15-12(10)17-2)16-8-13(9-16)6-14-7-13/h4-5,14H,3,6-9H2,1-2H3. The number of aromatic nitrogens is 1. The smallest absolute Gasteiger partial charge is 0.218 e. The van der Waals surface area contributed by atoms with Gasteiger partial charge in [-0.2, -0.15) is 4.98 Å². The van der Waals surface area contributed by atoms with Gasteiger partial charge in [0.25, 0.3) is 0 Å². The Kier molecular flexibility index (Phi) is 2.47. The maximum Gasteiger partial charge on any atom is 0.218 e. The summed E-state index contributed by atoms with van der Waals surface area (Å²) in [6.45, 7) is 6.70. The molecule has 4 nitrogen and oxygen atoms in total. The predicted molar refractivity (Wildman–Crippen MR) is 67.7 cm³/mol. The predicted octanol–water partition coefficient (Wildman–Crippen LogP) is 1.06. The van der Waals surface area contributed by atoms with Gasteiger partial charge in [-0.15, -0.1) is 0 Å². The third-order valence-electron chi connectivity index (χ3n) is 3.88. The summed E-state index contributed by atoms with van der Waals surface area (Å²) in [4.78, 5) is 6.93. The molecule has 0 radical (unpaired) electrons. The lowest BCUT2D eigenvalue weighted by Crippen LogP contribution is -2.71. The Bertz CT molecular complexity index is 421. The fraction of sp³-hybridized carbons (Fsp3) is 0.615. The minimum atomic E-state index is 0.540. The molecule has 0 aliphatic carbocycles. The number of methoxy groups -OCH3 is 1. The second kappa shape index (κ2) is 3.88. The number of nitrogens with one attached hydrogen (secondary N) is 1. The van der Waals surface area contributed by atoms with Crippen LogP contribution in [0, 0.1) is 5.41 Å². The first kappa shape index (κ1) is 10.8. The van der Waals surface area contributed by atoms with Gasteiger partial charge in [0.05, 0.1) is 7.11 Å². The van der Waals surface area contributed by atoms with E-state index in [-0.39, 0.29) is 0 Å². The number of hydrogen-bond donors (Lipinski definition) is 1. The molecule has 0 unspecified atom stereocenters. The van der Waals surface area contributed by atoms with Crippen LogP contribution in [-0.2, 0) is 6.42 Å². The van der Waals surface area contributed by atoms with Crippen molar-refractivity contribution in [1.29, 1.82) is 0 Å². The third-order valence-corrected chi connectivity index (χ3v) is 3.88.